The molecule has 29 heavy (non-hydrogen) atoms. The molecular weight excluding hydrogens is 391 g/mol. The molecule has 0 aliphatic heterocycles. The maximum absolute atomic E-state index is 13.6. The van der Waals surface area contributed by atoms with Crippen LogP contribution in [0.1, 0.15) is 6.92 Å². The molecule has 1 heterocycles. The third kappa shape index (κ3) is 4.26. The highest BCUT2D eigenvalue weighted by Gasteiger charge is 2.21. The summed E-state index contributed by atoms with van der Waals surface area (Å²) in [5.74, 6) is -6.61. The Labute approximate surface area is 161 Å². The average Bonchev–Trinajstić information content (AvgIpc) is 2.70. The number of esters is 1. The first-order valence-corrected chi connectivity index (χ1v) is 8.36. The molecule has 3 rings (SSSR count). The quantitative estimate of drug-likeness (QED) is 0.520. The Balaban J connectivity index is 1.66. The first kappa shape index (κ1) is 20.1. The number of benzene rings is 2. The maximum Gasteiger partial charge on any atom is 0.326 e. The van der Waals surface area contributed by atoms with Gasteiger partial charge in [-0.05, 0) is 31.2 Å². The lowest BCUT2D eigenvalue weighted by Gasteiger charge is -2.14. The summed E-state index contributed by atoms with van der Waals surface area (Å²) >= 11 is 0. The van der Waals surface area contributed by atoms with Gasteiger partial charge in [-0.25, -0.2) is 18.2 Å². The lowest BCUT2D eigenvalue weighted by atomic mass is 10.2. The van der Waals surface area contributed by atoms with Gasteiger partial charge in [-0.1, -0.05) is 12.1 Å². The summed E-state index contributed by atoms with van der Waals surface area (Å²) in [7, 11) is 0. The van der Waals surface area contributed by atoms with Crippen molar-refractivity contribution in [2.75, 3.05) is 5.32 Å². The topological polar surface area (TPSA) is 90.3 Å². The van der Waals surface area contributed by atoms with E-state index < -0.39 is 53.2 Å². The predicted molar refractivity (Wildman–Crippen MR) is 96.5 cm³/mol. The number of anilines is 1. The zero-order valence-electron chi connectivity index (χ0n) is 15.0. The Morgan fingerprint density at radius 1 is 1.14 bits per heavy atom. The van der Waals surface area contributed by atoms with E-state index in [-0.39, 0.29) is 0 Å². The van der Waals surface area contributed by atoms with Crippen LogP contribution >= 0.6 is 0 Å². The number of halogens is 3. The molecule has 10 heteroatoms. The minimum absolute atomic E-state index is 0.308. The molecule has 0 spiro atoms. The predicted octanol–water partition coefficient (Wildman–Crippen LogP) is 2.38. The normalized spacial score (nSPS) is 11.9. The molecule has 0 aliphatic rings. The van der Waals surface area contributed by atoms with Crippen molar-refractivity contribution in [3.05, 3.63) is 70.5 Å². The number of fused-ring (bicyclic) bond motifs is 1. The summed E-state index contributed by atoms with van der Waals surface area (Å²) in [6.45, 7) is 0.695. The highest BCUT2D eigenvalue weighted by molar-refractivity contribution is 5.95. The molecule has 1 unspecified atom stereocenters. The summed E-state index contributed by atoms with van der Waals surface area (Å²) in [5.41, 5.74) is -0.608. The van der Waals surface area contributed by atoms with Gasteiger partial charge in [-0.15, -0.1) is 0 Å². The molecule has 3 aromatic rings. The molecular formula is C19H14F3N3O4. The smallest absolute Gasteiger partial charge is 0.326 e. The first-order valence-electron chi connectivity index (χ1n) is 8.36. The maximum atomic E-state index is 13.6. The van der Waals surface area contributed by atoms with Crippen molar-refractivity contribution in [2.45, 2.75) is 19.6 Å². The van der Waals surface area contributed by atoms with Crippen LogP contribution in [0.2, 0.25) is 0 Å². The molecule has 0 fully saturated rings. The third-order valence-corrected chi connectivity index (χ3v) is 4.00. The lowest BCUT2D eigenvalue weighted by molar-refractivity contribution is -0.153. The summed E-state index contributed by atoms with van der Waals surface area (Å²) < 4.78 is 45.7. The molecule has 1 N–H and O–H groups in total. The second kappa shape index (κ2) is 8.13. The highest BCUT2D eigenvalue weighted by atomic mass is 19.2. The number of ether oxygens (including phenoxy) is 1. The fourth-order valence-corrected chi connectivity index (χ4v) is 2.50. The SMILES string of the molecule is CC(OC(=O)Cn1cnc2ccccc2c1=O)C(=O)Nc1ccc(F)c(F)c1F. The number of rotatable bonds is 5. The van der Waals surface area contributed by atoms with E-state index >= 15 is 0 Å². The molecule has 150 valence electrons. The number of hydrogen-bond donors (Lipinski definition) is 1. The fourth-order valence-electron chi connectivity index (χ4n) is 2.50. The Morgan fingerprint density at radius 2 is 1.86 bits per heavy atom. The van der Waals surface area contributed by atoms with Gasteiger partial charge in [0.15, 0.2) is 23.6 Å². The van der Waals surface area contributed by atoms with E-state index in [0.717, 1.165) is 10.6 Å². The monoisotopic (exact) mass is 405 g/mol. The summed E-state index contributed by atoms with van der Waals surface area (Å²) in [6, 6.07) is 8.04. The summed E-state index contributed by atoms with van der Waals surface area (Å²) in [6.07, 6.45) is -0.216. The van der Waals surface area contributed by atoms with Crippen LogP contribution < -0.4 is 10.9 Å². The zero-order valence-corrected chi connectivity index (χ0v) is 15.0. The van der Waals surface area contributed by atoms with Crippen LogP contribution in [0, 0.1) is 17.5 Å². The second-order valence-electron chi connectivity index (χ2n) is 6.04. The first-order chi connectivity index (χ1) is 13.8. The fraction of sp³-hybridized carbons (Fsp3) is 0.158. The van der Waals surface area contributed by atoms with Gasteiger partial charge in [0.05, 0.1) is 22.9 Å². The van der Waals surface area contributed by atoms with E-state index in [1.165, 1.54) is 13.3 Å². The number of aromatic nitrogens is 2. The molecule has 7 nitrogen and oxygen atoms in total. The standard InChI is InChI=1S/C19H14F3N3O4/c1-10(18(27)24-14-7-6-12(20)16(21)17(14)22)29-15(26)8-25-9-23-13-5-3-2-4-11(13)19(25)28/h2-7,9-10H,8H2,1H3,(H,24,27). The highest BCUT2D eigenvalue weighted by Crippen LogP contribution is 2.20. The largest absolute Gasteiger partial charge is 0.451 e. The van der Waals surface area contributed by atoms with Crippen molar-refractivity contribution >= 4 is 28.5 Å². The van der Waals surface area contributed by atoms with Gasteiger partial charge in [-0.3, -0.25) is 19.0 Å². The van der Waals surface area contributed by atoms with Gasteiger partial charge >= 0.3 is 5.97 Å². The molecule has 0 bridgehead atoms. The molecule has 0 radical (unpaired) electrons. The van der Waals surface area contributed by atoms with Gasteiger partial charge in [0, 0.05) is 0 Å². The van der Waals surface area contributed by atoms with Gasteiger partial charge in [-0.2, -0.15) is 0 Å². The van der Waals surface area contributed by atoms with E-state index in [1.807, 2.05) is 5.32 Å². The lowest BCUT2D eigenvalue weighted by Crippen LogP contribution is -2.33. The van der Waals surface area contributed by atoms with Crippen LogP contribution in [0.3, 0.4) is 0 Å². The third-order valence-electron chi connectivity index (χ3n) is 4.00. The minimum Gasteiger partial charge on any atom is -0.451 e. The number of carbonyl (C=O) groups excluding carboxylic acids is 2. The number of carbonyl (C=O) groups is 2. The van der Waals surface area contributed by atoms with Gasteiger partial charge in [0.2, 0.25) is 0 Å². The van der Waals surface area contributed by atoms with Gasteiger partial charge in [0.25, 0.3) is 11.5 Å². The van der Waals surface area contributed by atoms with Crippen molar-refractivity contribution in [2.24, 2.45) is 0 Å². The molecule has 1 atom stereocenters. The molecule has 1 amide bonds. The number of nitrogens with zero attached hydrogens (tertiary/aromatic N) is 2. The number of hydrogen-bond acceptors (Lipinski definition) is 5. The van der Waals surface area contributed by atoms with Crippen molar-refractivity contribution in [1.29, 1.82) is 0 Å². The molecule has 1 aromatic heterocycles. The average molecular weight is 405 g/mol. The van der Waals surface area contributed by atoms with Crippen LogP contribution in [0.25, 0.3) is 10.9 Å². The van der Waals surface area contributed by atoms with E-state index in [9.17, 15) is 27.6 Å². The van der Waals surface area contributed by atoms with Crippen molar-refractivity contribution in [3.8, 4) is 0 Å². The summed E-state index contributed by atoms with van der Waals surface area (Å²) in [5, 5.41) is 2.31. The van der Waals surface area contributed by atoms with Crippen molar-refractivity contribution < 1.29 is 27.5 Å². The molecule has 0 saturated carbocycles. The number of amides is 1. The Hall–Kier alpha value is -3.69. The Kier molecular flexibility index (Phi) is 5.62. The van der Waals surface area contributed by atoms with Crippen LogP contribution in [0.4, 0.5) is 18.9 Å². The van der Waals surface area contributed by atoms with E-state index in [1.54, 1.807) is 24.3 Å². The van der Waals surface area contributed by atoms with Gasteiger partial charge < -0.3 is 10.1 Å². The zero-order chi connectivity index (χ0) is 21.1. The van der Waals surface area contributed by atoms with Crippen LogP contribution in [-0.4, -0.2) is 27.5 Å². The minimum atomic E-state index is -1.74. The van der Waals surface area contributed by atoms with E-state index in [2.05, 4.69) is 4.98 Å². The van der Waals surface area contributed by atoms with Crippen LogP contribution in [0.15, 0.2) is 47.5 Å². The molecule has 0 aliphatic carbocycles. The Morgan fingerprint density at radius 3 is 2.62 bits per heavy atom. The van der Waals surface area contributed by atoms with Crippen molar-refractivity contribution in [1.82, 2.24) is 9.55 Å². The molecule has 2 aromatic carbocycles. The molecule has 0 saturated heterocycles. The van der Waals surface area contributed by atoms with Crippen LogP contribution in [0.5, 0.6) is 0 Å². The summed E-state index contributed by atoms with van der Waals surface area (Å²) in [4.78, 5) is 40.5. The van der Waals surface area contributed by atoms with E-state index in [0.29, 0.717) is 17.0 Å². The van der Waals surface area contributed by atoms with Crippen LogP contribution in [-0.2, 0) is 20.9 Å². The van der Waals surface area contributed by atoms with Gasteiger partial charge in [0.1, 0.15) is 6.54 Å². The van der Waals surface area contributed by atoms with Crippen molar-refractivity contribution in [3.63, 3.8) is 0 Å². The number of nitrogens with one attached hydrogen (secondary N) is 1. The number of para-hydroxylation sites is 1. The Bertz CT molecular complexity index is 1160. The van der Waals surface area contributed by atoms with E-state index in [4.69, 9.17) is 4.74 Å². The second-order valence-corrected chi connectivity index (χ2v) is 6.04.